The third kappa shape index (κ3) is 3.81. The van der Waals surface area contributed by atoms with Crippen LogP contribution in [0.5, 0.6) is 5.75 Å². The smallest absolute Gasteiger partial charge is 0.243 e. The maximum Gasteiger partial charge on any atom is 0.243 e. The molecule has 0 spiro atoms. The summed E-state index contributed by atoms with van der Waals surface area (Å²) in [5.41, 5.74) is 1.26. The molecule has 1 aromatic carbocycles. The first kappa shape index (κ1) is 20.4. The summed E-state index contributed by atoms with van der Waals surface area (Å²) in [4.78, 5) is 16.8. The molecule has 3 heterocycles. The van der Waals surface area contributed by atoms with E-state index in [0.29, 0.717) is 31.7 Å². The van der Waals surface area contributed by atoms with Gasteiger partial charge >= 0.3 is 0 Å². The lowest BCUT2D eigenvalue weighted by Gasteiger charge is -2.38. The molecular formula is C21H26N2O4S2. The van der Waals surface area contributed by atoms with Gasteiger partial charge in [0.2, 0.25) is 15.9 Å². The summed E-state index contributed by atoms with van der Waals surface area (Å²) < 4.78 is 32.4. The molecule has 1 amide bonds. The van der Waals surface area contributed by atoms with Gasteiger partial charge in [-0.25, -0.2) is 8.42 Å². The number of hydrogen-bond acceptors (Lipinski definition) is 5. The van der Waals surface area contributed by atoms with Gasteiger partial charge in [-0.05, 0) is 67.5 Å². The Bertz CT molecular complexity index is 976. The summed E-state index contributed by atoms with van der Waals surface area (Å²) in [6.07, 6.45) is 2.04. The zero-order valence-corrected chi connectivity index (χ0v) is 18.3. The van der Waals surface area contributed by atoms with E-state index in [1.165, 1.54) is 14.7 Å². The van der Waals surface area contributed by atoms with E-state index >= 15 is 0 Å². The highest BCUT2D eigenvalue weighted by atomic mass is 32.2. The second kappa shape index (κ2) is 8.08. The number of thiophene rings is 1. The van der Waals surface area contributed by atoms with Crippen molar-refractivity contribution in [2.45, 2.75) is 37.1 Å². The van der Waals surface area contributed by atoms with Crippen molar-refractivity contribution in [1.82, 2.24) is 9.21 Å². The normalized spacial score (nSPS) is 21.0. The van der Waals surface area contributed by atoms with Gasteiger partial charge in [0.15, 0.2) is 0 Å². The summed E-state index contributed by atoms with van der Waals surface area (Å²) in [7, 11) is -2.00. The lowest BCUT2D eigenvalue weighted by Crippen LogP contribution is -2.46. The number of benzene rings is 1. The lowest BCUT2D eigenvalue weighted by molar-refractivity contribution is -0.139. The Balaban J connectivity index is 1.40. The minimum absolute atomic E-state index is 0.0959. The van der Waals surface area contributed by atoms with E-state index in [1.54, 1.807) is 42.7 Å². The van der Waals surface area contributed by atoms with Crippen LogP contribution in [-0.2, 0) is 21.2 Å². The Kier molecular flexibility index (Phi) is 5.68. The van der Waals surface area contributed by atoms with E-state index in [-0.39, 0.29) is 22.8 Å². The van der Waals surface area contributed by atoms with Crippen LogP contribution in [0.25, 0.3) is 0 Å². The fraction of sp³-hybridized carbons (Fsp3) is 0.476. The first-order valence-electron chi connectivity index (χ1n) is 9.92. The number of rotatable bonds is 4. The molecule has 1 unspecified atom stereocenters. The highest BCUT2D eigenvalue weighted by Crippen LogP contribution is 2.35. The molecule has 1 saturated heterocycles. The van der Waals surface area contributed by atoms with E-state index < -0.39 is 10.0 Å². The molecule has 2 aliphatic heterocycles. The predicted octanol–water partition coefficient (Wildman–Crippen LogP) is 3.30. The summed E-state index contributed by atoms with van der Waals surface area (Å²) in [6.45, 7) is 3.58. The zero-order valence-electron chi connectivity index (χ0n) is 16.7. The molecule has 0 radical (unpaired) electrons. The molecular weight excluding hydrogens is 408 g/mol. The van der Waals surface area contributed by atoms with E-state index in [2.05, 4.69) is 18.4 Å². The average molecular weight is 435 g/mol. The highest BCUT2D eigenvalue weighted by molar-refractivity contribution is 7.89. The summed E-state index contributed by atoms with van der Waals surface area (Å²) in [5, 5.41) is 2.09. The molecule has 1 atom stereocenters. The van der Waals surface area contributed by atoms with Crippen molar-refractivity contribution >= 4 is 27.3 Å². The Morgan fingerprint density at radius 1 is 1.10 bits per heavy atom. The van der Waals surface area contributed by atoms with Crippen LogP contribution in [0, 0.1) is 5.92 Å². The zero-order chi connectivity index (χ0) is 20.6. The van der Waals surface area contributed by atoms with Crippen molar-refractivity contribution in [3.63, 3.8) is 0 Å². The van der Waals surface area contributed by atoms with Gasteiger partial charge < -0.3 is 9.64 Å². The number of ether oxygens (including phenoxy) is 1. The number of methoxy groups -OCH3 is 1. The third-order valence-electron chi connectivity index (χ3n) is 6.06. The van der Waals surface area contributed by atoms with Gasteiger partial charge in [-0.15, -0.1) is 11.3 Å². The Morgan fingerprint density at radius 3 is 2.45 bits per heavy atom. The molecule has 0 bridgehead atoms. The average Bonchev–Trinajstić information content (AvgIpc) is 3.23. The van der Waals surface area contributed by atoms with Crippen molar-refractivity contribution in [3.05, 3.63) is 46.2 Å². The topological polar surface area (TPSA) is 66.9 Å². The fourth-order valence-electron chi connectivity index (χ4n) is 4.28. The standard InChI is InChI=1S/C21H26N2O4S2/c1-15-19-10-14-28-20(19)9-13-23(15)21(24)16-7-11-22(12-8-16)29(25,26)18-5-3-17(27-2)4-6-18/h3-6,10,14-16H,7-9,11-13H2,1-2H3. The van der Waals surface area contributed by atoms with Crippen LogP contribution < -0.4 is 4.74 Å². The second-order valence-electron chi connectivity index (χ2n) is 7.61. The highest BCUT2D eigenvalue weighted by Gasteiger charge is 2.36. The Labute approximate surface area is 176 Å². The number of hydrogen-bond donors (Lipinski definition) is 0. The molecule has 0 aliphatic carbocycles. The van der Waals surface area contributed by atoms with Gasteiger partial charge in [-0.3, -0.25) is 4.79 Å². The SMILES string of the molecule is COc1ccc(S(=O)(=O)N2CCC(C(=O)N3CCc4sccc4C3C)CC2)cc1. The fourth-order valence-corrected chi connectivity index (χ4v) is 6.72. The van der Waals surface area contributed by atoms with Gasteiger partial charge in [0.25, 0.3) is 0 Å². The number of fused-ring (bicyclic) bond motifs is 1. The molecule has 156 valence electrons. The van der Waals surface area contributed by atoms with E-state index in [0.717, 1.165) is 13.0 Å². The molecule has 0 N–H and O–H groups in total. The molecule has 6 nitrogen and oxygen atoms in total. The number of nitrogens with zero attached hydrogens (tertiary/aromatic N) is 2. The van der Waals surface area contributed by atoms with Crippen molar-refractivity contribution in [1.29, 1.82) is 0 Å². The number of sulfonamides is 1. The number of amides is 1. The van der Waals surface area contributed by atoms with Crippen LogP contribution in [-0.4, -0.2) is 50.3 Å². The van der Waals surface area contributed by atoms with Crippen molar-refractivity contribution < 1.29 is 17.9 Å². The van der Waals surface area contributed by atoms with Crippen LogP contribution in [0.1, 0.15) is 36.2 Å². The molecule has 2 aliphatic rings. The number of piperidine rings is 1. The van der Waals surface area contributed by atoms with Gasteiger partial charge in [0.05, 0.1) is 18.0 Å². The summed E-state index contributed by atoms with van der Waals surface area (Å²) >= 11 is 1.76. The minimum Gasteiger partial charge on any atom is -0.497 e. The van der Waals surface area contributed by atoms with Crippen molar-refractivity contribution in [3.8, 4) is 5.75 Å². The maximum absolute atomic E-state index is 13.1. The van der Waals surface area contributed by atoms with Gasteiger partial charge in [0.1, 0.15) is 5.75 Å². The molecule has 29 heavy (non-hydrogen) atoms. The third-order valence-corrected chi connectivity index (χ3v) is 8.97. The van der Waals surface area contributed by atoms with Crippen molar-refractivity contribution in [2.24, 2.45) is 5.92 Å². The maximum atomic E-state index is 13.1. The number of carbonyl (C=O) groups is 1. The van der Waals surface area contributed by atoms with Crippen LogP contribution in [0.2, 0.25) is 0 Å². The molecule has 4 rings (SSSR count). The monoisotopic (exact) mass is 434 g/mol. The molecule has 8 heteroatoms. The second-order valence-corrected chi connectivity index (χ2v) is 10.5. The minimum atomic E-state index is -3.55. The van der Waals surface area contributed by atoms with Crippen LogP contribution >= 0.6 is 11.3 Å². The molecule has 0 saturated carbocycles. The van der Waals surface area contributed by atoms with E-state index in [1.807, 2.05) is 4.90 Å². The Hall–Kier alpha value is -1.90. The largest absolute Gasteiger partial charge is 0.497 e. The first-order valence-corrected chi connectivity index (χ1v) is 12.2. The number of carbonyl (C=O) groups excluding carboxylic acids is 1. The van der Waals surface area contributed by atoms with Gasteiger partial charge in [-0.1, -0.05) is 0 Å². The predicted molar refractivity (Wildman–Crippen MR) is 113 cm³/mol. The quantitative estimate of drug-likeness (QED) is 0.741. The summed E-state index contributed by atoms with van der Waals surface area (Å²) in [6, 6.07) is 8.66. The van der Waals surface area contributed by atoms with Gasteiger partial charge in [0, 0.05) is 30.4 Å². The van der Waals surface area contributed by atoms with Crippen LogP contribution in [0.4, 0.5) is 0 Å². The van der Waals surface area contributed by atoms with E-state index in [4.69, 9.17) is 4.74 Å². The molecule has 1 fully saturated rings. The lowest BCUT2D eigenvalue weighted by atomic mass is 9.93. The van der Waals surface area contributed by atoms with Crippen molar-refractivity contribution in [2.75, 3.05) is 26.7 Å². The summed E-state index contributed by atoms with van der Waals surface area (Å²) in [5.74, 6) is 0.675. The molecule has 2 aromatic rings. The van der Waals surface area contributed by atoms with Gasteiger partial charge in [-0.2, -0.15) is 4.31 Å². The van der Waals surface area contributed by atoms with Crippen LogP contribution in [0.3, 0.4) is 0 Å². The van der Waals surface area contributed by atoms with E-state index in [9.17, 15) is 13.2 Å². The molecule has 1 aromatic heterocycles. The van der Waals surface area contributed by atoms with Crippen LogP contribution in [0.15, 0.2) is 40.6 Å². The first-order chi connectivity index (χ1) is 13.9. The Morgan fingerprint density at radius 2 is 1.79 bits per heavy atom.